The number of rotatable bonds is 6. The number of hydrogen-bond donors (Lipinski definition) is 0. The van der Waals surface area contributed by atoms with E-state index in [1.54, 1.807) is 25.4 Å². The molecule has 1 fully saturated rings. The van der Waals surface area contributed by atoms with Gasteiger partial charge in [0.05, 0.1) is 29.0 Å². The summed E-state index contributed by atoms with van der Waals surface area (Å²) in [6.45, 7) is 3.59. The lowest BCUT2D eigenvalue weighted by Crippen LogP contribution is -2.27. The molecule has 136 valence electrons. The molecule has 0 bridgehead atoms. The molecule has 0 radical (unpaired) electrons. The average molecular weight is 370 g/mol. The Kier molecular flexibility index (Phi) is 5.93. The van der Waals surface area contributed by atoms with E-state index in [1.807, 2.05) is 30.0 Å². The highest BCUT2D eigenvalue weighted by Crippen LogP contribution is 2.24. The Morgan fingerprint density at radius 3 is 2.62 bits per heavy atom. The van der Waals surface area contributed by atoms with Gasteiger partial charge in [-0.1, -0.05) is 23.4 Å². The molecular weight excluding hydrogens is 348 g/mol. The third-order valence-electron chi connectivity index (χ3n) is 4.38. The molecule has 1 aromatic heterocycles. The van der Waals surface area contributed by atoms with Crippen molar-refractivity contribution in [3.63, 3.8) is 0 Å². The number of likely N-dealkylation sites (tertiary alicyclic amines) is 1. The number of ether oxygens (including phenoxy) is 1. The summed E-state index contributed by atoms with van der Waals surface area (Å²) in [5.74, 6) is 0.883. The minimum Gasteiger partial charge on any atom is -0.496 e. The van der Waals surface area contributed by atoms with Crippen molar-refractivity contribution in [3.05, 3.63) is 53.2 Å². The molecule has 3 rings (SSSR count). The first-order valence-corrected chi connectivity index (χ1v) is 9.63. The molecule has 1 aromatic carbocycles. The first kappa shape index (κ1) is 18.5. The quantitative estimate of drug-likeness (QED) is 0.574. The van der Waals surface area contributed by atoms with Gasteiger partial charge in [-0.05, 0) is 44.0 Å². The van der Waals surface area contributed by atoms with Crippen LogP contribution in [0.1, 0.15) is 39.1 Å². The van der Waals surface area contributed by atoms with Gasteiger partial charge >= 0.3 is 0 Å². The van der Waals surface area contributed by atoms with Gasteiger partial charge < -0.3 is 9.64 Å². The van der Waals surface area contributed by atoms with Crippen LogP contribution in [0.5, 0.6) is 5.75 Å². The number of methoxy groups -OCH3 is 1. The van der Waals surface area contributed by atoms with Crippen LogP contribution in [0, 0.1) is 6.92 Å². The van der Waals surface area contributed by atoms with E-state index in [0.717, 1.165) is 36.5 Å². The normalized spacial score (nSPS) is 13.7. The van der Waals surface area contributed by atoms with Crippen molar-refractivity contribution >= 4 is 23.5 Å². The number of pyridine rings is 1. The van der Waals surface area contributed by atoms with Gasteiger partial charge in [0, 0.05) is 19.3 Å². The second kappa shape index (κ2) is 8.36. The number of carbonyl (C=O) groups is 2. The van der Waals surface area contributed by atoms with Crippen LogP contribution in [0.15, 0.2) is 41.6 Å². The maximum Gasteiger partial charge on any atom is 0.255 e. The number of nitrogens with zero attached hydrogens (tertiary/aromatic N) is 2. The molecular formula is C20H22N2O3S. The molecule has 0 aliphatic carbocycles. The standard InChI is InChI=1S/C20H22N2O3S/c1-14-5-7-18(25-2)16(11-14)17(23)13-26-19-8-6-15(12-21-19)20(24)22-9-3-4-10-22/h5-8,11-12H,3-4,9-10,13H2,1-2H3. The Balaban J connectivity index is 1.62. The molecule has 0 unspecified atom stereocenters. The molecule has 1 saturated heterocycles. The zero-order valence-corrected chi connectivity index (χ0v) is 15.8. The Labute approximate surface area is 157 Å². The fourth-order valence-corrected chi connectivity index (χ4v) is 3.68. The molecule has 26 heavy (non-hydrogen) atoms. The van der Waals surface area contributed by atoms with Crippen LogP contribution in [-0.4, -0.2) is 47.5 Å². The number of thioether (sulfide) groups is 1. The van der Waals surface area contributed by atoms with Crippen LogP contribution < -0.4 is 4.74 Å². The van der Waals surface area contributed by atoms with Crippen molar-refractivity contribution in [1.82, 2.24) is 9.88 Å². The predicted octanol–water partition coefficient (Wildman–Crippen LogP) is 3.61. The van der Waals surface area contributed by atoms with E-state index in [1.165, 1.54) is 11.8 Å². The number of hydrogen-bond acceptors (Lipinski definition) is 5. The minimum atomic E-state index is -0.00503. The van der Waals surface area contributed by atoms with E-state index in [-0.39, 0.29) is 17.4 Å². The topological polar surface area (TPSA) is 59.5 Å². The fraction of sp³-hybridized carbons (Fsp3) is 0.350. The van der Waals surface area contributed by atoms with E-state index in [4.69, 9.17) is 4.74 Å². The molecule has 0 spiro atoms. The molecule has 0 N–H and O–H groups in total. The highest BCUT2D eigenvalue weighted by Gasteiger charge is 2.20. The first-order chi connectivity index (χ1) is 12.6. The van der Waals surface area contributed by atoms with Crippen molar-refractivity contribution in [1.29, 1.82) is 0 Å². The number of Topliss-reactive ketones (excluding diaryl/α,β-unsaturated/α-hetero) is 1. The molecule has 5 nitrogen and oxygen atoms in total. The van der Waals surface area contributed by atoms with Crippen molar-refractivity contribution in [2.24, 2.45) is 0 Å². The van der Waals surface area contributed by atoms with Crippen molar-refractivity contribution in [2.45, 2.75) is 24.8 Å². The summed E-state index contributed by atoms with van der Waals surface area (Å²) < 4.78 is 5.28. The second-order valence-electron chi connectivity index (χ2n) is 6.30. The molecule has 0 saturated carbocycles. The van der Waals surface area contributed by atoms with Crippen molar-refractivity contribution in [3.8, 4) is 5.75 Å². The van der Waals surface area contributed by atoms with Crippen LogP contribution in [0.25, 0.3) is 0 Å². The largest absolute Gasteiger partial charge is 0.496 e. The van der Waals surface area contributed by atoms with Gasteiger partial charge in [0.25, 0.3) is 5.91 Å². The van der Waals surface area contributed by atoms with Gasteiger partial charge in [0.1, 0.15) is 5.75 Å². The highest BCUT2D eigenvalue weighted by atomic mass is 32.2. The maximum absolute atomic E-state index is 12.5. The Bertz CT molecular complexity index is 799. The fourth-order valence-electron chi connectivity index (χ4n) is 2.95. The smallest absolute Gasteiger partial charge is 0.255 e. The SMILES string of the molecule is COc1ccc(C)cc1C(=O)CSc1ccc(C(=O)N2CCCC2)cn1. The molecule has 2 aromatic rings. The minimum absolute atomic E-state index is 0.00503. The van der Waals surface area contributed by atoms with E-state index in [2.05, 4.69) is 4.98 Å². The van der Waals surface area contributed by atoms with Crippen LogP contribution in [-0.2, 0) is 0 Å². The van der Waals surface area contributed by atoms with Gasteiger partial charge in [-0.3, -0.25) is 9.59 Å². The van der Waals surface area contributed by atoms with Crippen molar-refractivity contribution in [2.75, 3.05) is 26.0 Å². The van der Waals surface area contributed by atoms with Crippen LogP contribution in [0.4, 0.5) is 0 Å². The third kappa shape index (κ3) is 4.25. The molecule has 1 amide bonds. The molecule has 1 aliphatic heterocycles. The number of ketones is 1. The van der Waals surface area contributed by atoms with Gasteiger partial charge in [-0.25, -0.2) is 4.98 Å². The van der Waals surface area contributed by atoms with Gasteiger partial charge in [-0.15, -0.1) is 0 Å². The summed E-state index contributed by atoms with van der Waals surface area (Å²) in [4.78, 5) is 31.0. The predicted molar refractivity (Wildman–Crippen MR) is 102 cm³/mol. The zero-order valence-electron chi connectivity index (χ0n) is 15.0. The maximum atomic E-state index is 12.5. The highest BCUT2D eigenvalue weighted by molar-refractivity contribution is 7.99. The van der Waals surface area contributed by atoms with E-state index in [0.29, 0.717) is 16.9 Å². The Morgan fingerprint density at radius 2 is 1.96 bits per heavy atom. The lowest BCUT2D eigenvalue weighted by molar-refractivity contribution is 0.0792. The molecule has 1 aliphatic rings. The van der Waals surface area contributed by atoms with Crippen LogP contribution in [0.2, 0.25) is 0 Å². The van der Waals surface area contributed by atoms with Gasteiger partial charge in [0.2, 0.25) is 0 Å². The van der Waals surface area contributed by atoms with Gasteiger partial charge in [-0.2, -0.15) is 0 Å². The average Bonchev–Trinajstić information content (AvgIpc) is 3.20. The Hall–Kier alpha value is -2.34. The summed E-state index contributed by atoms with van der Waals surface area (Å²) in [6, 6.07) is 9.15. The molecule has 0 atom stereocenters. The van der Waals surface area contributed by atoms with Crippen molar-refractivity contribution < 1.29 is 14.3 Å². The lowest BCUT2D eigenvalue weighted by Gasteiger charge is -2.14. The monoisotopic (exact) mass is 370 g/mol. The number of aryl methyl sites for hydroxylation is 1. The zero-order chi connectivity index (χ0) is 18.5. The Morgan fingerprint density at radius 1 is 1.19 bits per heavy atom. The van der Waals surface area contributed by atoms with Gasteiger partial charge in [0.15, 0.2) is 5.78 Å². The molecule has 6 heteroatoms. The summed E-state index contributed by atoms with van der Waals surface area (Å²) >= 11 is 1.36. The van der Waals surface area contributed by atoms with Crippen LogP contribution >= 0.6 is 11.8 Å². The number of amides is 1. The summed E-state index contributed by atoms with van der Waals surface area (Å²) in [5.41, 5.74) is 2.20. The molecule has 2 heterocycles. The summed E-state index contributed by atoms with van der Waals surface area (Å²) in [5, 5.41) is 0.725. The first-order valence-electron chi connectivity index (χ1n) is 8.64. The number of aromatic nitrogens is 1. The lowest BCUT2D eigenvalue weighted by atomic mass is 10.1. The number of benzene rings is 1. The second-order valence-corrected chi connectivity index (χ2v) is 7.30. The number of carbonyl (C=O) groups excluding carboxylic acids is 2. The van der Waals surface area contributed by atoms with E-state index < -0.39 is 0 Å². The van der Waals surface area contributed by atoms with E-state index >= 15 is 0 Å². The summed E-state index contributed by atoms with van der Waals surface area (Å²) in [7, 11) is 1.56. The van der Waals surface area contributed by atoms with Crippen LogP contribution in [0.3, 0.4) is 0 Å². The third-order valence-corrected chi connectivity index (χ3v) is 5.33. The summed E-state index contributed by atoms with van der Waals surface area (Å²) in [6.07, 6.45) is 3.73. The van der Waals surface area contributed by atoms with E-state index in [9.17, 15) is 9.59 Å².